The van der Waals surface area contributed by atoms with Gasteiger partial charge in [0.05, 0.1) is 0 Å². The van der Waals surface area contributed by atoms with Crippen molar-refractivity contribution in [2.75, 3.05) is 32.0 Å². The number of piperidine rings is 1. The molecule has 42 heavy (non-hydrogen) atoms. The number of rotatable bonds is 6. The standard InChI is InChI=1S/C35H41N5O2/c1-23-8-4-5-9-29(23)26-15-18-40(19-16-26)35(42)38-33(24(2)31-21-36-32-11-7-6-10-30(31)32)34(41)37-28-13-12-25-14-17-39(3)22-27(25)20-28/h4-13,20-21,24,26,33,36H,14-19,22H2,1-3H3,(H,37,41)(H,38,42)/t24-,33+/m0/s1. The lowest BCUT2D eigenvalue weighted by Crippen LogP contribution is -2.53. The van der Waals surface area contributed by atoms with Crippen molar-refractivity contribution in [2.45, 2.75) is 57.5 Å². The Kier molecular flexibility index (Phi) is 8.02. The number of urea groups is 1. The second kappa shape index (κ2) is 12.0. The molecular weight excluding hydrogens is 522 g/mol. The van der Waals surface area contributed by atoms with Crippen molar-refractivity contribution in [3.8, 4) is 0 Å². The number of hydrogen-bond donors (Lipinski definition) is 3. The number of anilines is 1. The maximum Gasteiger partial charge on any atom is 0.318 e. The molecule has 3 heterocycles. The highest BCUT2D eigenvalue weighted by molar-refractivity contribution is 5.98. The number of amides is 3. The van der Waals surface area contributed by atoms with E-state index in [4.69, 9.17) is 0 Å². The largest absolute Gasteiger partial charge is 0.361 e. The van der Waals surface area contributed by atoms with E-state index in [1.807, 2.05) is 42.3 Å². The molecule has 4 aromatic rings. The zero-order valence-corrected chi connectivity index (χ0v) is 24.8. The first-order valence-electron chi connectivity index (χ1n) is 15.2. The van der Waals surface area contributed by atoms with E-state index in [2.05, 4.69) is 77.0 Å². The number of fused-ring (bicyclic) bond motifs is 2. The minimum atomic E-state index is -0.746. The SMILES string of the molecule is Cc1ccccc1C1CCN(C(=O)N[C@@H](C(=O)Nc2ccc3c(c2)CN(C)CC3)[C@@H](C)c2c[nH]c3ccccc23)CC1. The predicted molar refractivity (Wildman–Crippen MR) is 169 cm³/mol. The van der Waals surface area contributed by atoms with E-state index in [-0.39, 0.29) is 17.9 Å². The molecular formula is C35H41N5O2. The number of aromatic nitrogens is 1. The predicted octanol–water partition coefficient (Wildman–Crippen LogP) is 6.16. The van der Waals surface area contributed by atoms with Crippen LogP contribution in [0.15, 0.2) is 72.9 Å². The first kappa shape index (κ1) is 28.0. The van der Waals surface area contributed by atoms with Gasteiger partial charge in [0.15, 0.2) is 0 Å². The van der Waals surface area contributed by atoms with E-state index < -0.39 is 6.04 Å². The van der Waals surface area contributed by atoms with Gasteiger partial charge in [0.2, 0.25) is 5.91 Å². The number of nitrogens with one attached hydrogen (secondary N) is 3. The van der Waals surface area contributed by atoms with Crippen LogP contribution in [0.5, 0.6) is 0 Å². The molecule has 2 aliphatic heterocycles. The van der Waals surface area contributed by atoms with Gasteiger partial charge in [0.1, 0.15) is 6.04 Å². The van der Waals surface area contributed by atoms with Crippen LogP contribution in [-0.4, -0.2) is 59.4 Å². The molecule has 3 N–H and O–H groups in total. The maximum atomic E-state index is 13.9. The molecule has 2 atom stereocenters. The van der Waals surface area contributed by atoms with Crippen molar-refractivity contribution < 1.29 is 9.59 Å². The Bertz CT molecular complexity index is 1590. The third-order valence-corrected chi connectivity index (χ3v) is 9.26. The third-order valence-electron chi connectivity index (χ3n) is 9.26. The quantitative estimate of drug-likeness (QED) is 0.263. The van der Waals surface area contributed by atoms with Crippen molar-refractivity contribution in [2.24, 2.45) is 0 Å². The Balaban J connectivity index is 1.21. The molecule has 7 heteroatoms. The molecule has 6 rings (SSSR count). The first-order valence-corrected chi connectivity index (χ1v) is 15.2. The van der Waals surface area contributed by atoms with Crippen LogP contribution in [0.3, 0.4) is 0 Å². The number of H-pyrrole nitrogens is 1. The number of benzene rings is 3. The number of hydrogen-bond acceptors (Lipinski definition) is 3. The zero-order chi connectivity index (χ0) is 29.2. The molecule has 218 valence electrons. The van der Waals surface area contributed by atoms with Crippen LogP contribution in [0.1, 0.15) is 59.4 Å². The minimum absolute atomic E-state index is 0.183. The van der Waals surface area contributed by atoms with E-state index in [0.29, 0.717) is 19.0 Å². The fraction of sp³-hybridized carbons (Fsp3) is 0.371. The van der Waals surface area contributed by atoms with Crippen molar-refractivity contribution in [1.29, 1.82) is 0 Å². The lowest BCUT2D eigenvalue weighted by Gasteiger charge is -2.34. The fourth-order valence-electron chi connectivity index (χ4n) is 6.73. The molecule has 0 spiro atoms. The highest BCUT2D eigenvalue weighted by Gasteiger charge is 2.33. The number of para-hydroxylation sites is 1. The number of carbonyl (C=O) groups is 2. The van der Waals surface area contributed by atoms with Crippen molar-refractivity contribution in [3.05, 3.63) is 101 Å². The molecule has 3 aromatic carbocycles. The molecule has 2 aliphatic rings. The van der Waals surface area contributed by atoms with Crippen LogP contribution in [0.4, 0.5) is 10.5 Å². The van der Waals surface area contributed by atoms with Crippen LogP contribution in [0.25, 0.3) is 10.9 Å². The summed E-state index contributed by atoms with van der Waals surface area (Å²) in [5.41, 5.74) is 8.04. The summed E-state index contributed by atoms with van der Waals surface area (Å²) in [5.74, 6) is -0.0130. The highest BCUT2D eigenvalue weighted by Crippen LogP contribution is 2.32. The Morgan fingerprint density at radius 3 is 2.52 bits per heavy atom. The summed E-state index contributed by atoms with van der Waals surface area (Å²) in [7, 11) is 2.12. The molecule has 3 amide bonds. The van der Waals surface area contributed by atoms with Gasteiger partial charge in [-0.2, -0.15) is 0 Å². The number of aromatic amines is 1. The molecule has 0 saturated carbocycles. The van der Waals surface area contributed by atoms with Gasteiger partial charge in [-0.15, -0.1) is 0 Å². The van der Waals surface area contributed by atoms with Gasteiger partial charge in [0.25, 0.3) is 0 Å². The van der Waals surface area contributed by atoms with Crippen LogP contribution in [-0.2, 0) is 17.8 Å². The van der Waals surface area contributed by atoms with Gasteiger partial charge in [-0.3, -0.25) is 4.79 Å². The summed E-state index contributed by atoms with van der Waals surface area (Å²) in [5, 5.41) is 7.35. The maximum absolute atomic E-state index is 13.9. The molecule has 1 saturated heterocycles. The summed E-state index contributed by atoms with van der Waals surface area (Å²) < 4.78 is 0. The summed E-state index contributed by atoms with van der Waals surface area (Å²) in [4.78, 5) is 35.1. The fourth-order valence-corrected chi connectivity index (χ4v) is 6.73. The van der Waals surface area contributed by atoms with Gasteiger partial charge < -0.3 is 25.4 Å². The Hall–Kier alpha value is -4.10. The number of nitrogens with zero attached hydrogens (tertiary/aromatic N) is 2. The molecule has 0 bridgehead atoms. The molecule has 0 radical (unpaired) electrons. The van der Waals surface area contributed by atoms with E-state index >= 15 is 0 Å². The van der Waals surface area contributed by atoms with E-state index in [0.717, 1.165) is 54.5 Å². The number of likely N-dealkylation sites (N-methyl/N-ethyl adjacent to an activating group) is 1. The van der Waals surface area contributed by atoms with Gasteiger partial charge in [0, 0.05) is 54.9 Å². The topological polar surface area (TPSA) is 80.5 Å². The number of aryl methyl sites for hydroxylation is 1. The molecule has 1 fully saturated rings. The lowest BCUT2D eigenvalue weighted by molar-refractivity contribution is -0.118. The summed E-state index contributed by atoms with van der Waals surface area (Å²) >= 11 is 0. The van der Waals surface area contributed by atoms with Gasteiger partial charge >= 0.3 is 6.03 Å². The third kappa shape index (κ3) is 5.79. The molecule has 0 unspecified atom stereocenters. The summed E-state index contributed by atoms with van der Waals surface area (Å²) in [6.07, 6.45) is 4.80. The minimum Gasteiger partial charge on any atom is -0.361 e. The van der Waals surface area contributed by atoms with Gasteiger partial charge in [-0.1, -0.05) is 55.5 Å². The number of carbonyl (C=O) groups excluding carboxylic acids is 2. The van der Waals surface area contributed by atoms with Crippen LogP contribution in [0, 0.1) is 6.92 Å². The summed E-state index contributed by atoms with van der Waals surface area (Å²) in [6, 6.07) is 21.9. The molecule has 0 aliphatic carbocycles. The van der Waals surface area contributed by atoms with E-state index in [1.54, 1.807) is 0 Å². The molecule has 1 aromatic heterocycles. The smallest absolute Gasteiger partial charge is 0.318 e. The van der Waals surface area contributed by atoms with Crippen LogP contribution < -0.4 is 10.6 Å². The van der Waals surface area contributed by atoms with Crippen molar-refractivity contribution in [3.63, 3.8) is 0 Å². The van der Waals surface area contributed by atoms with E-state index in [9.17, 15) is 9.59 Å². The zero-order valence-electron chi connectivity index (χ0n) is 24.8. The number of likely N-dealkylation sites (tertiary alicyclic amines) is 1. The Labute approximate surface area is 248 Å². The van der Waals surface area contributed by atoms with Crippen molar-refractivity contribution >= 4 is 28.5 Å². The first-order chi connectivity index (χ1) is 20.4. The van der Waals surface area contributed by atoms with Gasteiger partial charge in [-0.25, -0.2) is 4.79 Å². The second-order valence-corrected chi connectivity index (χ2v) is 12.1. The van der Waals surface area contributed by atoms with Gasteiger partial charge in [-0.05, 0) is 85.2 Å². The average Bonchev–Trinajstić information content (AvgIpc) is 3.44. The summed E-state index contributed by atoms with van der Waals surface area (Å²) in [6.45, 7) is 7.41. The molecule has 7 nitrogen and oxygen atoms in total. The Morgan fingerprint density at radius 1 is 0.952 bits per heavy atom. The average molecular weight is 564 g/mol. The monoisotopic (exact) mass is 563 g/mol. The normalized spacial score (nSPS) is 17.5. The Morgan fingerprint density at radius 2 is 1.71 bits per heavy atom. The van der Waals surface area contributed by atoms with Crippen LogP contribution >= 0.6 is 0 Å². The van der Waals surface area contributed by atoms with Crippen LogP contribution in [0.2, 0.25) is 0 Å². The highest BCUT2D eigenvalue weighted by atomic mass is 16.2. The van der Waals surface area contributed by atoms with E-state index in [1.165, 1.54) is 22.3 Å². The van der Waals surface area contributed by atoms with Crippen molar-refractivity contribution in [1.82, 2.24) is 20.1 Å². The lowest BCUT2D eigenvalue weighted by atomic mass is 9.87. The second-order valence-electron chi connectivity index (χ2n) is 12.1.